The Kier molecular flexibility index (Phi) is 3.94. The molecule has 0 radical (unpaired) electrons. The number of rotatable bonds is 4. The fourth-order valence-corrected chi connectivity index (χ4v) is 4.62. The van der Waals surface area contributed by atoms with Gasteiger partial charge in [-0.25, -0.2) is 13.2 Å². The summed E-state index contributed by atoms with van der Waals surface area (Å²) >= 11 is 3.09. The topological polar surface area (TPSA) is 94.9 Å². The fraction of sp³-hybridized carbons (Fsp3) is 0.417. The third kappa shape index (κ3) is 2.60. The van der Waals surface area contributed by atoms with Gasteiger partial charge in [-0.2, -0.15) is 4.31 Å². The molecule has 0 aromatic heterocycles. The van der Waals surface area contributed by atoms with Crippen LogP contribution < -0.4 is 0 Å². The summed E-state index contributed by atoms with van der Waals surface area (Å²) in [6.45, 7) is 1.90. The van der Waals surface area contributed by atoms with Crippen LogP contribution in [-0.4, -0.2) is 47.6 Å². The number of hydrogen-bond donors (Lipinski definition) is 2. The van der Waals surface area contributed by atoms with Crippen molar-refractivity contribution in [3.05, 3.63) is 28.2 Å². The standard InChI is InChI=1S/C12H14BrNO5S/c1-2-12(17)6-14(7-12)20(18,19)10-4-3-8(11(15)16)5-9(10)13/h3-5,17H,2,6-7H2,1H3,(H,15,16). The average molecular weight is 364 g/mol. The van der Waals surface area contributed by atoms with Crippen LogP contribution >= 0.6 is 15.9 Å². The lowest BCUT2D eigenvalue weighted by Gasteiger charge is -2.44. The van der Waals surface area contributed by atoms with Gasteiger partial charge < -0.3 is 10.2 Å². The largest absolute Gasteiger partial charge is 0.478 e. The summed E-state index contributed by atoms with van der Waals surface area (Å²) in [6.07, 6.45) is 0.484. The summed E-state index contributed by atoms with van der Waals surface area (Å²) in [7, 11) is -3.72. The zero-order valence-electron chi connectivity index (χ0n) is 10.7. The number of carboxylic acid groups (broad SMARTS) is 1. The van der Waals surface area contributed by atoms with Gasteiger partial charge in [0.05, 0.1) is 16.1 Å². The second-order valence-corrected chi connectivity index (χ2v) is 7.56. The minimum absolute atomic E-state index is 0.000605. The predicted octanol–water partition coefficient (Wildman–Crippen LogP) is 1.29. The molecule has 20 heavy (non-hydrogen) atoms. The number of β-amino-alcohol motifs (C(OH)–C–C–N with tert-alkyl or cyclic N) is 1. The van der Waals surface area contributed by atoms with Crippen molar-refractivity contribution in [1.29, 1.82) is 0 Å². The average Bonchev–Trinajstić information content (AvgIpc) is 2.34. The monoisotopic (exact) mass is 363 g/mol. The predicted molar refractivity (Wildman–Crippen MR) is 75.1 cm³/mol. The molecule has 1 saturated heterocycles. The highest BCUT2D eigenvalue weighted by molar-refractivity contribution is 9.10. The number of sulfonamides is 1. The molecule has 0 amide bonds. The first-order valence-electron chi connectivity index (χ1n) is 5.95. The van der Waals surface area contributed by atoms with Crippen LogP contribution in [0.4, 0.5) is 0 Å². The van der Waals surface area contributed by atoms with E-state index in [1.807, 2.05) is 0 Å². The molecule has 0 atom stereocenters. The molecule has 110 valence electrons. The molecule has 1 aliphatic heterocycles. The molecule has 1 fully saturated rings. The third-order valence-electron chi connectivity index (χ3n) is 3.40. The van der Waals surface area contributed by atoms with Gasteiger partial charge in [0.2, 0.25) is 10.0 Å². The van der Waals surface area contributed by atoms with Crippen molar-refractivity contribution in [2.75, 3.05) is 13.1 Å². The summed E-state index contributed by atoms with van der Waals surface area (Å²) in [5, 5.41) is 18.7. The Morgan fingerprint density at radius 2 is 2.05 bits per heavy atom. The van der Waals surface area contributed by atoms with Crippen LogP contribution in [0.1, 0.15) is 23.7 Å². The van der Waals surface area contributed by atoms with E-state index in [1.54, 1.807) is 6.92 Å². The summed E-state index contributed by atoms with van der Waals surface area (Å²) in [6, 6.07) is 3.75. The van der Waals surface area contributed by atoms with Gasteiger partial charge in [0, 0.05) is 17.6 Å². The van der Waals surface area contributed by atoms with Crippen molar-refractivity contribution < 1.29 is 23.4 Å². The second kappa shape index (κ2) is 5.10. The summed E-state index contributed by atoms with van der Waals surface area (Å²) in [5.74, 6) is -1.13. The Morgan fingerprint density at radius 3 is 2.50 bits per heavy atom. The lowest BCUT2D eigenvalue weighted by atomic mass is 9.94. The first-order chi connectivity index (χ1) is 9.19. The molecule has 1 heterocycles. The maximum Gasteiger partial charge on any atom is 0.335 e. The smallest absolute Gasteiger partial charge is 0.335 e. The van der Waals surface area contributed by atoms with E-state index < -0.39 is 21.6 Å². The van der Waals surface area contributed by atoms with E-state index in [4.69, 9.17) is 5.11 Å². The van der Waals surface area contributed by atoms with Crippen molar-refractivity contribution in [3.63, 3.8) is 0 Å². The van der Waals surface area contributed by atoms with Crippen molar-refractivity contribution in [2.45, 2.75) is 23.8 Å². The maximum atomic E-state index is 12.4. The molecule has 0 saturated carbocycles. The van der Waals surface area contributed by atoms with Gasteiger partial charge in [0.25, 0.3) is 0 Å². The van der Waals surface area contributed by atoms with Crippen molar-refractivity contribution in [3.8, 4) is 0 Å². The molecule has 0 spiro atoms. The Morgan fingerprint density at radius 1 is 1.45 bits per heavy atom. The van der Waals surface area contributed by atoms with Gasteiger partial charge in [0.1, 0.15) is 0 Å². The van der Waals surface area contributed by atoms with Crippen molar-refractivity contribution >= 4 is 31.9 Å². The summed E-state index contributed by atoms with van der Waals surface area (Å²) in [4.78, 5) is 10.8. The first-order valence-corrected chi connectivity index (χ1v) is 8.18. The van der Waals surface area contributed by atoms with Gasteiger partial charge in [-0.15, -0.1) is 0 Å². The highest BCUT2D eigenvalue weighted by Gasteiger charge is 2.46. The van der Waals surface area contributed by atoms with Crippen LogP contribution in [0.5, 0.6) is 0 Å². The van der Waals surface area contributed by atoms with E-state index in [0.717, 1.165) is 0 Å². The molecule has 2 rings (SSSR count). The van der Waals surface area contributed by atoms with Crippen LogP contribution in [0.3, 0.4) is 0 Å². The first kappa shape index (κ1) is 15.4. The molecule has 0 aliphatic carbocycles. The van der Waals surface area contributed by atoms with Gasteiger partial charge in [-0.3, -0.25) is 0 Å². The summed E-state index contributed by atoms with van der Waals surface area (Å²) < 4.78 is 26.1. The normalized spacial score (nSPS) is 18.6. The van der Waals surface area contributed by atoms with E-state index in [0.29, 0.717) is 6.42 Å². The van der Waals surface area contributed by atoms with Crippen LogP contribution in [0.15, 0.2) is 27.6 Å². The number of nitrogens with zero attached hydrogens (tertiary/aromatic N) is 1. The van der Waals surface area contributed by atoms with Crippen LogP contribution in [0.2, 0.25) is 0 Å². The third-order valence-corrected chi connectivity index (χ3v) is 6.16. The maximum absolute atomic E-state index is 12.4. The number of hydrogen-bond acceptors (Lipinski definition) is 4. The lowest BCUT2D eigenvalue weighted by Crippen LogP contribution is -2.62. The van der Waals surface area contributed by atoms with Crippen molar-refractivity contribution in [1.82, 2.24) is 4.31 Å². The van der Waals surface area contributed by atoms with Crippen LogP contribution in [0, 0.1) is 0 Å². The van der Waals surface area contributed by atoms with E-state index in [-0.39, 0.29) is 28.0 Å². The number of aromatic carboxylic acids is 1. The molecular formula is C12H14BrNO5S. The Labute approximate surface area is 125 Å². The highest BCUT2D eigenvalue weighted by Crippen LogP contribution is 2.33. The number of aliphatic hydroxyl groups is 1. The number of carboxylic acids is 1. The lowest BCUT2D eigenvalue weighted by molar-refractivity contribution is -0.0613. The second-order valence-electron chi connectivity index (χ2n) is 4.80. The molecule has 1 aromatic carbocycles. The number of halogens is 1. The molecule has 1 aromatic rings. The SMILES string of the molecule is CCC1(O)CN(S(=O)(=O)c2ccc(C(=O)O)cc2Br)C1. The Balaban J connectivity index is 2.30. The molecule has 6 nitrogen and oxygen atoms in total. The van der Waals surface area contributed by atoms with Crippen LogP contribution in [0.25, 0.3) is 0 Å². The fourth-order valence-electron chi connectivity index (χ4n) is 1.99. The molecule has 1 aliphatic rings. The molecule has 8 heteroatoms. The van der Waals surface area contributed by atoms with E-state index in [1.165, 1.54) is 22.5 Å². The molecule has 2 N–H and O–H groups in total. The quantitative estimate of drug-likeness (QED) is 0.840. The Bertz CT molecular complexity index is 652. The van der Waals surface area contributed by atoms with E-state index in [9.17, 15) is 18.3 Å². The zero-order valence-corrected chi connectivity index (χ0v) is 13.1. The van der Waals surface area contributed by atoms with Crippen LogP contribution in [-0.2, 0) is 10.0 Å². The van der Waals surface area contributed by atoms with E-state index >= 15 is 0 Å². The van der Waals surface area contributed by atoms with Gasteiger partial charge in [0.15, 0.2) is 0 Å². The minimum atomic E-state index is -3.72. The molecule has 0 bridgehead atoms. The molecule has 0 unspecified atom stereocenters. The van der Waals surface area contributed by atoms with Crippen molar-refractivity contribution in [2.24, 2.45) is 0 Å². The Hall–Kier alpha value is -0.960. The summed E-state index contributed by atoms with van der Waals surface area (Å²) in [5.41, 5.74) is -0.954. The number of carbonyl (C=O) groups is 1. The van der Waals surface area contributed by atoms with Gasteiger partial charge >= 0.3 is 5.97 Å². The number of benzene rings is 1. The minimum Gasteiger partial charge on any atom is -0.478 e. The van der Waals surface area contributed by atoms with Gasteiger partial charge in [-0.05, 0) is 40.5 Å². The highest BCUT2D eigenvalue weighted by atomic mass is 79.9. The molecular weight excluding hydrogens is 350 g/mol. The van der Waals surface area contributed by atoms with E-state index in [2.05, 4.69) is 15.9 Å². The zero-order chi connectivity index (χ0) is 15.1. The van der Waals surface area contributed by atoms with Gasteiger partial charge in [-0.1, -0.05) is 6.92 Å².